The SMILES string of the molecule is CC(C)[C@H](NC(=O)OCc1ccccc1)C(=O)O[C@@H](Cc1ccccc1)C(O)[C@H](Cc1ccccc1)OC(=O)[C@@H](NC(=O)OCc1ccccc1)C(C)C. The molecule has 4 aromatic carbocycles. The zero-order valence-corrected chi connectivity index (χ0v) is 31.1. The average Bonchev–Trinajstić information content (AvgIpc) is 3.17. The van der Waals surface area contributed by atoms with Crippen LogP contribution in [0.15, 0.2) is 121 Å². The van der Waals surface area contributed by atoms with Crippen molar-refractivity contribution in [1.82, 2.24) is 10.6 Å². The minimum absolute atomic E-state index is 0.00535. The van der Waals surface area contributed by atoms with Crippen LogP contribution in [0.5, 0.6) is 0 Å². The van der Waals surface area contributed by atoms with E-state index in [1.54, 1.807) is 27.7 Å². The van der Waals surface area contributed by atoms with Gasteiger partial charge in [0.05, 0.1) is 0 Å². The zero-order chi connectivity index (χ0) is 38.9. The van der Waals surface area contributed by atoms with Crippen LogP contribution in [-0.2, 0) is 54.6 Å². The normalized spacial score (nSPS) is 13.3. The summed E-state index contributed by atoms with van der Waals surface area (Å²) in [6.45, 7) is 6.99. The molecule has 0 spiro atoms. The van der Waals surface area contributed by atoms with Gasteiger partial charge in [0.15, 0.2) is 0 Å². The van der Waals surface area contributed by atoms with Crippen LogP contribution in [0.4, 0.5) is 9.59 Å². The summed E-state index contributed by atoms with van der Waals surface area (Å²) >= 11 is 0. The van der Waals surface area contributed by atoms with Gasteiger partial charge < -0.3 is 34.7 Å². The van der Waals surface area contributed by atoms with E-state index >= 15 is 0 Å². The van der Waals surface area contributed by atoms with Crippen molar-refractivity contribution in [3.63, 3.8) is 0 Å². The van der Waals surface area contributed by atoms with Crippen molar-refractivity contribution in [3.05, 3.63) is 144 Å². The van der Waals surface area contributed by atoms with E-state index in [9.17, 15) is 24.3 Å². The lowest BCUT2D eigenvalue weighted by Crippen LogP contribution is -2.52. The first-order chi connectivity index (χ1) is 26.0. The van der Waals surface area contributed by atoms with Gasteiger partial charge in [-0.05, 0) is 34.1 Å². The molecule has 4 aromatic rings. The van der Waals surface area contributed by atoms with Gasteiger partial charge in [0.25, 0.3) is 0 Å². The summed E-state index contributed by atoms with van der Waals surface area (Å²) in [5, 5.41) is 17.3. The molecule has 11 nitrogen and oxygen atoms in total. The Morgan fingerprint density at radius 1 is 0.500 bits per heavy atom. The predicted molar refractivity (Wildman–Crippen MR) is 203 cm³/mol. The lowest BCUT2D eigenvalue weighted by Gasteiger charge is -2.32. The predicted octanol–water partition coefficient (Wildman–Crippen LogP) is 6.56. The minimum atomic E-state index is -1.53. The highest BCUT2D eigenvalue weighted by Crippen LogP contribution is 2.21. The van der Waals surface area contributed by atoms with Crippen molar-refractivity contribution in [3.8, 4) is 0 Å². The van der Waals surface area contributed by atoms with Crippen LogP contribution in [-0.4, -0.2) is 59.6 Å². The summed E-state index contributed by atoms with van der Waals surface area (Å²) in [4.78, 5) is 53.2. The second-order valence-electron chi connectivity index (χ2n) is 13.7. The maximum Gasteiger partial charge on any atom is 0.408 e. The first-order valence-corrected chi connectivity index (χ1v) is 18.1. The number of ether oxygens (including phenoxy) is 4. The van der Waals surface area contributed by atoms with Crippen molar-refractivity contribution in [2.45, 2.75) is 84.1 Å². The molecule has 54 heavy (non-hydrogen) atoms. The Morgan fingerprint density at radius 3 is 1.09 bits per heavy atom. The van der Waals surface area contributed by atoms with Gasteiger partial charge in [-0.1, -0.05) is 149 Å². The molecule has 0 aliphatic carbocycles. The molecular weight excluding hydrogens is 688 g/mol. The Morgan fingerprint density at radius 2 is 0.796 bits per heavy atom. The topological polar surface area (TPSA) is 149 Å². The Kier molecular flexibility index (Phi) is 16.1. The number of benzene rings is 4. The monoisotopic (exact) mass is 738 g/mol. The standard InChI is InChI=1S/C43H50N2O9/c1-29(2)37(44-42(49)51-27-33-21-13-7-14-22-33)40(47)53-35(25-31-17-9-5-10-18-31)39(46)36(26-32-19-11-6-12-20-32)54-41(48)38(30(3)4)45-43(50)52-28-34-23-15-8-16-24-34/h5-24,29-30,35-39,46H,25-28H2,1-4H3,(H,44,49)(H,45,50)/t35-,36-,37-,38-/m0/s1. The lowest BCUT2D eigenvalue weighted by atomic mass is 9.95. The number of carbonyl (C=O) groups is 4. The first kappa shape index (κ1) is 41.1. The fraction of sp³-hybridized carbons (Fsp3) is 0.349. The molecule has 286 valence electrons. The van der Waals surface area contributed by atoms with Gasteiger partial charge in [-0.3, -0.25) is 0 Å². The Labute approximate surface area is 317 Å². The Hall–Kier alpha value is -5.68. The molecule has 0 bridgehead atoms. The number of carbonyl (C=O) groups excluding carboxylic acids is 4. The molecule has 0 fully saturated rings. The van der Waals surface area contributed by atoms with Crippen molar-refractivity contribution < 1.29 is 43.2 Å². The highest BCUT2D eigenvalue weighted by atomic mass is 16.6. The fourth-order valence-electron chi connectivity index (χ4n) is 5.62. The van der Waals surface area contributed by atoms with Crippen LogP contribution in [0.3, 0.4) is 0 Å². The summed E-state index contributed by atoms with van der Waals surface area (Å²) in [6.07, 6.45) is -5.44. The molecule has 4 rings (SSSR count). The molecular formula is C43H50N2O9. The van der Waals surface area contributed by atoms with E-state index in [4.69, 9.17) is 18.9 Å². The van der Waals surface area contributed by atoms with Gasteiger partial charge in [-0.25, -0.2) is 19.2 Å². The van der Waals surface area contributed by atoms with E-state index < -0.39 is 66.4 Å². The van der Waals surface area contributed by atoms with Gasteiger partial charge in [-0.2, -0.15) is 0 Å². The zero-order valence-electron chi connectivity index (χ0n) is 31.1. The number of rotatable bonds is 18. The van der Waals surface area contributed by atoms with Crippen LogP contribution >= 0.6 is 0 Å². The lowest BCUT2D eigenvalue weighted by molar-refractivity contribution is -0.173. The molecule has 0 aliphatic heterocycles. The van der Waals surface area contributed by atoms with Crippen LogP contribution in [0.25, 0.3) is 0 Å². The maximum absolute atomic E-state index is 13.8. The molecule has 0 saturated carbocycles. The van der Waals surface area contributed by atoms with Gasteiger partial charge >= 0.3 is 24.1 Å². The van der Waals surface area contributed by atoms with Crippen molar-refractivity contribution in [1.29, 1.82) is 0 Å². The minimum Gasteiger partial charge on any atom is -0.458 e. The largest absolute Gasteiger partial charge is 0.458 e. The number of hydrogen-bond donors (Lipinski definition) is 3. The van der Waals surface area contributed by atoms with Crippen LogP contribution < -0.4 is 10.6 Å². The van der Waals surface area contributed by atoms with Crippen LogP contribution in [0.1, 0.15) is 49.9 Å². The third-order valence-electron chi connectivity index (χ3n) is 8.67. The van der Waals surface area contributed by atoms with E-state index in [1.165, 1.54) is 0 Å². The summed E-state index contributed by atoms with van der Waals surface area (Å²) in [5.41, 5.74) is 3.05. The summed E-state index contributed by atoms with van der Waals surface area (Å²) in [6, 6.07) is 34.3. The third-order valence-corrected chi connectivity index (χ3v) is 8.67. The highest BCUT2D eigenvalue weighted by Gasteiger charge is 2.38. The number of aliphatic hydroxyl groups is 1. The van der Waals surface area contributed by atoms with Crippen LogP contribution in [0, 0.1) is 11.8 Å². The number of aliphatic hydroxyl groups excluding tert-OH is 1. The molecule has 0 aromatic heterocycles. The van der Waals surface area contributed by atoms with Gasteiger partial charge in [0, 0.05) is 12.8 Å². The van der Waals surface area contributed by atoms with Gasteiger partial charge in [-0.15, -0.1) is 0 Å². The van der Waals surface area contributed by atoms with Gasteiger partial charge in [0.1, 0.15) is 43.6 Å². The number of esters is 2. The molecule has 11 heteroatoms. The number of alkyl carbamates (subject to hydrolysis) is 2. The summed E-state index contributed by atoms with van der Waals surface area (Å²) in [7, 11) is 0. The number of nitrogens with one attached hydrogen (secondary N) is 2. The number of amides is 2. The van der Waals surface area contributed by atoms with Gasteiger partial charge in [0.2, 0.25) is 0 Å². The molecule has 0 radical (unpaired) electrons. The summed E-state index contributed by atoms with van der Waals surface area (Å²) < 4.78 is 22.7. The highest BCUT2D eigenvalue weighted by molar-refractivity contribution is 5.82. The van der Waals surface area contributed by atoms with Crippen LogP contribution in [0.2, 0.25) is 0 Å². The molecule has 0 aliphatic rings. The first-order valence-electron chi connectivity index (χ1n) is 18.1. The molecule has 2 amide bonds. The van der Waals surface area contributed by atoms with E-state index in [0.717, 1.165) is 22.3 Å². The fourth-order valence-corrected chi connectivity index (χ4v) is 5.62. The quantitative estimate of drug-likeness (QED) is 0.0763. The summed E-state index contributed by atoms with van der Waals surface area (Å²) in [5.74, 6) is -2.41. The second-order valence-corrected chi connectivity index (χ2v) is 13.7. The van der Waals surface area contributed by atoms with E-state index in [-0.39, 0.29) is 26.1 Å². The molecule has 4 atom stereocenters. The molecule has 0 heterocycles. The second kappa shape index (κ2) is 21.1. The molecule has 3 N–H and O–H groups in total. The van der Waals surface area contributed by atoms with Crippen molar-refractivity contribution >= 4 is 24.1 Å². The maximum atomic E-state index is 13.8. The van der Waals surface area contributed by atoms with E-state index in [2.05, 4.69) is 10.6 Å². The van der Waals surface area contributed by atoms with E-state index in [1.807, 2.05) is 121 Å². The Balaban J connectivity index is 1.54. The number of hydrogen-bond acceptors (Lipinski definition) is 9. The average molecular weight is 739 g/mol. The molecule has 0 saturated heterocycles. The van der Waals surface area contributed by atoms with E-state index in [0.29, 0.717) is 0 Å². The van der Waals surface area contributed by atoms with Crippen molar-refractivity contribution in [2.75, 3.05) is 0 Å². The smallest absolute Gasteiger partial charge is 0.408 e. The molecule has 0 unspecified atom stereocenters. The third kappa shape index (κ3) is 13.4. The Bertz CT molecular complexity index is 1610. The van der Waals surface area contributed by atoms with Crippen molar-refractivity contribution in [2.24, 2.45) is 11.8 Å².